The SMILES string of the molecule is CC1CCC(F)C2CC(C(=O)N[C@@H]3CCC[C@H](N4CCN5CNCC5C4)C3)NC12. The van der Waals surface area contributed by atoms with Gasteiger partial charge < -0.3 is 16.0 Å². The third-order valence-corrected chi connectivity index (χ3v) is 8.49. The number of hydrogen-bond acceptors (Lipinski definition) is 5. The molecule has 29 heavy (non-hydrogen) atoms. The Morgan fingerprint density at radius 1 is 1.07 bits per heavy atom. The summed E-state index contributed by atoms with van der Waals surface area (Å²) in [6.07, 6.45) is 6.08. The highest BCUT2D eigenvalue weighted by Crippen LogP contribution is 2.38. The van der Waals surface area contributed by atoms with E-state index in [9.17, 15) is 9.18 Å². The number of rotatable bonds is 3. The number of nitrogens with one attached hydrogen (secondary N) is 3. The van der Waals surface area contributed by atoms with Gasteiger partial charge in [-0.15, -0.1) is 0 Å². The molecular formula is C22H38FN5O. The lowest BCUT2D eigenvalue weighted by molar-refractivity contribution is -0.124. The van der Waals surface area contributed by atoms with Gasteiger partial charge in [-0.05, 0) is 50.9 Å². The van der Waals surface area contributed by atoms with Crippen LogP contribution in [0.15, 0.2) is 0 Å². The lowest BCUT2D eigenvalue weighted by atomic mass is 9.77. The van der Waals surface area contributed by atoms with E-state index in [2.05, 4.69) is 32.7 Å². The third kappa shape index (κ3) is 4.08. The molecule has 3 saturated heterocycles. The number of alkyl halides is 1. The van der Waals surface area contributed by atoms with Crippen LogP contribution < -0.4 is 16.0 Å². The molecule has 6 unspecified atom stereocenters. The summed E-state index contributed by atoms with van der Waals surface area (Å²) in [5, 5.41) is 10.3. The van der Waals surface area contributed by atoms with E-state index in [-0.39, 0.29) is 30.0 Å². The summed E-state index contributed by atoms with van der Waals surface area (Å²) < 4.78 is 14.4. The fourth-order valence-electron chi connectivity index (χ4n) is 6.75. The van der Waals surface area contributed by atoms with E-state index in [0.29, 0.717) is 30.8 Å². The molecule has 164 valence electrons. The van der Waals surface area contributed by atoms with Crippen LogP contribution in [0.2, 0.25) is 0 Å². The standard InChI is InChI=1S/C22H38FN5O/c1-14-5-6-19(23)18-10-20(26-21(14)18)22(29)25-15-3-2-4-16(9-15)27-7-8-28-13-24-11-17(28)12-27/h14-21,24,26H,2-13H2,1H3,(H,25,29)/t14?,15-,16+,17?,18?,19?,20?,21?/m1/s1. The van der Waals surface area contributed by atoms with Crippen molar-refractivity contribution in [3.05, 3.63) is 0 Å². The number of piperazine rings is 1. The monoisotopic (exact) mass is 407 g/mol. The molecule has 3 aliphatic heterocycles. The van der Waals surface area contributed by atoms with Crippen LogP contribution in [-0.2, 0) is 4.79 Å². The zero-order valence-electron chi connectivity index (χ0n) is 17.8. The maximum absolute atomic E-state index is 14.4. The van der Waals surface area contributed by atoms with Gasteiger partial charge in [-0.2, -0.15) is 0 Å². The molecule has 8 atom stereocenters. The Morgan fingerprint density at radius 3 is 2.79 bits per heavy atom. The van der Waals surface area contributed by atoms with Gasteiger partial charge in [0.25, 0.3) is 0 Å². The minimum Gasteiger partial charge on any atom is -0.352 e. The smallest absolute Gasteiger partial charge is 0.237 e. The zero-order chi connectivity index (χ0) is 20.0. The second-order valence-corrected chi connectivity index (χ2v) is 10.3. The molecule has 2 saturated carbocycles. The van der Waals surface area contributed by atoms with Gasteiger partial charge in [0.05, 0.1) is 6.04 Å². The van der Waals surface area contributed by atoms with Crippen LogP contribution in [-0.4, -0.2) is 84.9 Å². The van der Waals surface area contributed by atoms with Crippen molar-refractivity contribution in [3.8, 4) is 0 Å². The Hall–Kier alpha value is -0.760. The van der Waals surface area contributed by atoms with Crippen molar-refractivity contribution in [1.29, 1.82) is 0 Å². The van der Waals surface area contributed by atoms with Gasteiger partial charge in [-0.3, -0.25) is 14.6 Å². The number of halogens is 1. The second-order valence-electron chi connectivity index (χ2n) is 10.3. The third-order valence-electron chi connectivity index (χ3n) is 8.49. The molecule has 2 aliphatic carbocycles. The number of hydrogen-bond donors (Lipinski definition) is 3. The molecule has 5 rings (SSSR count). The van der Waals surface area contributed by atoms with Crippen molar-refractivity contribution < 1.29 is 9.18 Å². The highest BCUT2D eigenvalue weighted by Gasteiger charge is 2.46. The summed E-state index contributed by atoms with van der Waals surface area (Å²) in [5.41, 5.74) is 0. The van der Waals surface area contributed by atoms with Gasteiger partial charge in [0, 0.05) is 62.9 Å². The summed E-state index contributed by atoms with van der Waals surface area (Å²) >= 11 is 0. The highest BCUT2D eigenvalue weighted by molar-refractivity contribution is 5.82. The van der Waals surface area contributed by atoms with Crippen LogP contribution >= 0.6 is 0 Å². The lowest BCUT2D eigenvalue weighted by Gasteiger charge is -2.44. The second kappa shape index (κ2) is 8.40. The number of carbonyl (C=O) groups is 1. The van der Waals surface area contributed by atoms with Gasteiger partial charge in [0.2, 0.25) is 5.91 Å². The van der Waals surface area contributed by atoms with Crippen molar-refractivity contribution in [3.63, 3.8) is 0 Å². The molecule has 0 radical (unpaired) electrons. The van der Waals surface area contributed by atoms with Crippen molar-refractivity contribution >= 4 is 5.91 Å². The van der Waals surface area contributed by atoms with Gasteiger partial charge in [-0.25, -0.2) is 4.39 Å². The lowest BCUT2D eigenvalue weighted by Crippen LogP contribution is -2.56. The summed E-state index contributed by atoms with van der Waals surface area (Å²) in [6, 6.07) is 1.47. The Morgan fingerprint density at radius 2 is 1.93 bits per heavy atom. The summed E-state index contributed by atoms with van der Waals surface area (Å²) in [5.74, 6) is 0.590. The van der Waals surface area contributed by atoms with Gasteiger partial charge in [0.1, 0.15) is 6.17 Å². The molecule has 0 aromatic rings. The van der Waals surface area contributed by atoms with E-state index < -0.39 is 6.17 Å². The molecule has 5 fully saturated rings. The predicted molar refractivity (Wildman–Crippen MR) is 111 cm³/mol. The average Bonchev–Trinajstić information content (AvgIpc) is 3.38. The van der Waals surface area contributed by atoms with Crippen LogP contribution in [0.4, 0.5) is 4.39 Å². The molecule has 0 spiro atoms. The minimum atomic E-state index is -0.746. The van der Waals surface area contributed by atoms with Crippen LogP contribution in [0.25, 0.3) is 0 Å². The highest BCUT2D eigenvalue weighted by atomic mass is 19.1. The Balaban J connectivity index is 1.14. The van der Waals surface area contributed by atoms with E-state index in [1.807, 2.05) is 0 Å². The number of amides is 1. The molecule has 0 aromatic heterocycles. The number of fused-ring (bicyclic) bond motifs is 2. The van der Waals surface area contributed by atoms with E-state index >= 15 is 0 Å². The maximum atomic E-state index is 14.4. The van der Waals surface area contributed by atoms with E-state index in [4.69, 9.17) is 0 Å². The topological polar surface area (TPSA) is 59.6 Å². The molecular weight excluding hydrogens is 369 g/mol. The fourth-order valence-corrected chi connectivity index (χ4v) is 6.75. The predicted octanol–water partition coefficient (Wildman–Crippen LogP) is 1.08. The fraction of sp³-hybridized carbons (Fsp3) is 0.955. The summed E-state index contributed by atoms with van der Waals surface area (Å²) in [6.45, 7) is 7.79. The molecule has 0 aromatic carbocycles. The van der Waals surface area contributed by atoms with E-state index in [1.165, 1.54) is 12.8 Å². The molecule has 6 nitrogen and oxygen atoms in total. The molecule has 5 aliphatic rings. The zero-order valence-corrected chi connectivity index (χ0v) is 17.8. The quantitative estimate of drug-likeness (QED) is 0.654. The Kier molecular flexibility index (Phi) is 5.84. The Bertz CT molecular complexity index is 588. The van der Waals surface area contributed by atoms with Crippen molar-refractivity contribution in [2.24, 2.45) is 11.8 Å². The minimum absolute atomic E-state index is 0.0184. The number of nitrogens with zero attached hydrogens (tertiary/aromatic N) is 2. The average molecular weight is 408 g/mol. The Labute approximate surface area is 174 Å². The van der Waals surface area contributed by atoms with Crippen LogP contribution in [0.5, 0.6) is 0 Å². The summed E-state index contributed by atoms with van der Waals surface area (Å²) in [4.78, 5) is 18.2. The van der Waals surface area contributed by atoms with Crippen molar-refractivity contribution in [1.82, 2.24) is 25.8 Å². The van der Waals surface area contributed by atoms with E-state index in [0.717, 1.165) is 52.1 Å². The maximum Gasteiger partial charge on any atom is 0.237 e. The largest absolute Gasteiger partial charge is 0.352 e. The van der Waals surface area contributed by atoms with Gasteiger partial charge in [-0.1, -0.05) is 6.92 Å². The van der Waals surface area contributed by atoms with Crippen molar-refractivity contribution in [2.75, 3.05) is 32.8 Å². The first kappa shape index (κ1) is 20.2. The molecule has 3 N–H and O–H groups in total. The number of carbonyl (C=O) groups excluding carboxylic acids is 1. The first-order valence-corrected chi connectivity index (χ1v) is 12.0. The van der Waals surface area contributed by atoms with Crippen molar-refractivity contribution in [2.45, 2.75) is 88.3 Å². The normalized spacial score (nSPS) is 46.3. The molecule has 1 amide bonds. The first-order chi connectivity index (χ1) is 14.1. The van der Waals surface area contributed by atoms with Crippen LogP contribution in [0, 0.1) is 11.8 Å². The molecule has 0 bridgehead atoms. The summed E-state index contributed by atoms with van der Waals surface area (Å²) in [7, 11) is 0. The van der Waals surface area contributed by atoms with Crippen LogP contribution in [0.3, 0.4) is 0 Å². The van der Waals surface area contributed by atoms with E-state index in [1.54, 1.807) is 0 Å². The van der Waals surface area contributed by atoms with Crippen LogP contribution in [0.1, 0.15) is 51.9 Å². The molecule has 3 heterocycles. The molecule has 7 heteroatoms. The van der Waals surface area contributed by atoms with Gasteiger partial charge in [0.15, 0.2) is 0 Å². The van der Waals surface area contributed by atoms with Gasteiger partial charge >= 0.3 is 0 Å². The first-order valence-electron chi connectivity index (χ1n) is 12.0.